The molecule has 0 radical (unpaired) electrons. The Morgan fingerprint density at radius 2 is 2.38 bits per heavy atom. The molecule has 8 heavy (non-hydrogen) atoms. The summed E-state index contributed by atoms with van der Waals surface area (Å²) in [5.41, 5.74) is 1.35. The van der Waals surface area contributed by atoms with Gasteiger partial charge in [-0.1, -0.05) is 13.3 Å². The fraction of sp³-hybridized carbons (Fsp3) is 0.667. The third-order valence-electron chi connectivity index (χ3n) is 0.963. The molecule has 0 saturated heterocycles. The summed E-state index contributed by atoms with van der Waals surface area (Å²) in [6, 6.07) is 0. The molecule has 0 rings (SSSR count). The van der Waals surface area contributed by atoms with Crippen molar-refractivity contribution in [2.45, 2.75) is 26.7 Å². The first-order valence-corrected chi connectivity index (χ1v) is 3.81. The normalized spacial score (nSPS) is 12.0. The van der Waals surface area contributed by atoms with Gasteiger partial charge in [-0.2, -0.15) is 0 Å². The standard InChI is InChI=1S/C6H14OSi/c1-3-4-6(2)5-7-8/h5H,3-4H2,1-2,8H3. The van der Waals surface area contributed by atoms with Crippen molar-refractivity contribution in [3.05, 3.63) is 11.8 Å². The summed E-state index contributed by atoms with van der Waals surface area (Å²) < 4.78 is 4.93. The van der Waals surface area contributed by atoms with E-state index in [1.54, 1.807) is 0 Å². The Hall–Kier alpha value is -0.243. The zero-order valence-electron chi connectivity index (χ0n) is 5.90. The van der Waals surface area contributed by atoms with Gasteiger partial charge in [0.1, 0.15) is 0 Å². The summed E-state index contributed by atoms with van der Waals surface area (Å²) in [4.78, 5) is 0. The molecule has 0 heterocycles. The second-order valence-electron chi connectivity index (χ2n) is 1.95. The lowest BCUT2D eigenvalue weighted by Gasteiger charge is -1.95. The van der Waals surface area contributed by atoms with Gasteiger partial charge >= 0.3 is 0 Å². The van der Waals surface area contributed by atoms with Crippen LogP contribution in [-0.4, -0.2) is 10.5 Å². The average molecular weight is 130 g/mol. The van der Waals surface area contributed by atoms with Gasteiger partial charge in [0.25, 0.3) is 0 Å². The largest absolute Gasteiger partial charge is 0.558 e. The van der Waals surface area contributed by atoms with Gasteiger partial charge in [0.2, 0.25) is 10.5 Å². The van der Waals surface area contributed by atoms with Crippen LogP contribution in [-0.2, 0) is 4.43 Å². The molecule has 0 aliphatic heterocycles. The maximum atomic E-state index is 4.93. The Bertz CT molecular complexity index is 78.6. The highest BCUT2D eigenvalue weighted by Crippen LogP contribution is 2.01. The van der Waals surface area contributed by atoms with Crippen LogP contribution in [0.15, 0.2) is 11.8 Å². The third-order valence-corrected chi connectivity index (χ3v) is 1.20. The second kappa shape index (κ2) is 4.90. The molecule has 0 atom stereocenters. The van der Waals surface area contributed by atoms with Gasteiger partial charge in [0.05, 0.1) is 6.26 Å². The average Bonchev–Trinajstić information content (AvgIpc) is 1.68. The van der Waals surface area contributed by atoms with Crippen LogP contribution in [0.3, 0.4) is 0 Å². The zero-order chi connectivity index (χ0) is 6.41. The highest BCUT2D eigenvalue weighted by Gasteiger charge is 1.82. The van der Waals surface area contributed by atoms with E-state index in [-0.39, 0.29) is 0 Å². The van der Waals surface area contributed by atoms with Crippen molar-refractivity contribution in [3.63, 3.8) is 0 Å². The summed E-state index contributed by atoms with van der Waals surface area (Å²) in [6.45, 7) is 4.27. The SMILES string of the molecule is CCCC(C)=CO[SiH3]. The Morgan fingerprint density at radius 3 is 2.75 bits per heavy atom. The van der Waals surface area contributed by atoms with Crippen molar-refractivity contribution in [1.82, 2.24) is 0 Å². The molecule has 0 bridgehead atoms. The van der Waals surface area contributed by atoms with E-state index in [9.17, 15) is 0 Å². The summed E-state index contributed by atoms with van der Waals surface area (Å²) in [5, 5.41) is 0. The Labute approximate surface area is 54.3 Å². The maximum Gasteiger partial charge on any atom is 0.203 e. The van der Waals surface area contributed by atoms with Crippen molar-refractivity contribution < 1.29 is 4.43 Å². The third kappa shape index (κ3) is 3.93. The van der Waals surface area contributed by atoms with E-state index in [1.807, 2.05) is 6.26 Å². The van der Waals surface area contributed by atoms with E-state index in [4.69, 9.17) is 4.43 Å². The van der Waals surface area contributed by atoms with Crippen LogP contribution in [0.25, 0.3) is 0 Å². The number of hydrogen-bond acceptors (Lipinski definition) is 1. The van der Waals surface area contributed by atoms with Crippen molar-refractivity contribution in [2.24, 2.45) is 0 Å². The number of hydrogen-bond donors (Lipinski definition) is 0. The van der Waals surface area contributed by atoms with Crippen molar-refractivity contribution in [2.75, 3.05) is 0 Å². The minimum Gasteiger partial charge on any atom is -0.558 e. The highest BCUT2D eigenvalue weighted by atomic mass is 28.2. The van der Waals surface area contributed by atoms with Gasteiger partial charge in [-0.15, -0.1) is 0 Å². The summed E-state index contributed by atoms with van der Waals surface area (Å²) in [7, 11) is 0.818. The minimum absolute atomic E-state index is 0.818. The molecule has 0 aromatic heterocycles. The molecular formula is C6H14OSi. The molecule has 0 aliphatic rings. The van der Waals surface area contributed by atoms with E-state index in [0.29, 0.717) is 0 Å². The van der Waals surface area contributed by atoms with Gasteiger partial charge < -0.3 is 4.43 Å². The van der Waals surface area contributed by atoms with E-state index in [2.05, 4.69) is 13.8 Å². The minimum atomic E-state index is 0.818. The maximum absolute atomic E-state index is 4.93. The Balaban J connectivity index is 3.29. The van der Waals surface area contributed by atoms with E-state index in [1.165, 1.54) is 18.4 Å². The molecule has 0 fully saturated rings. The first-order chi connectivity index (χ1) is 3.81. The van der Waals surface area contributed by atoms with Crippen molar-refractivity contribution >= 4 is 10.5 Å². The van der Waals surface area contributed by atoms with E-state index >= 15 is 0 Å². The van der Waals surface area contributed by atoms with Crippen LogP contribution in [0.1, 0.15) is 26.7 Å². The topological polar surface area (TPSA) is 9.23 Å². The molecule has 0 saturated carbocycles. The molecule has 0 aromatic rings. The first kappa shape index (κ1) is 7.76. The van der Waals surface area contributed by atoms with Crippen LogP contribution in [0.2, 0.25) is 0 Å². The highest BCUT2D eigenvalue weighted by molar-refractivity contribution is 5.98. The quantitative estimate of drug-likeness (QED) is 0.409. The fourth-order valence-electron chi connectivity index (χ4n) is 0.654. The van der Waals surface area contributed by atoms with Crippen molar-refractivity contribution in [3.8, 4) is 0 Å². The molecule has 0 N–H and O–H groups in total. The molecule has 0 amide bonds. The summed E-state index contributed by atoms with van der Waals surface area (Å²) in [6.07, 6.45) is 4.24. The Kier molecular flexibility index (Phi) is 4.76. The molecule has 0 aliphatic carbocycles. The lowest BCUT2D eigenvalue weighted by Crippen LogP contribution is -1.77. The summed E-state index contributed by atoms with van der Waals surface area (Å²) >= 11 is 0. The lowest BCUT2D eigenvalue weighted by molar-refractivity contribution is 0.523. The number of rotatable bonds is 3. The smallest absolute Gasteiger partial charge is 0.203 e. The predicted molar refractivity (Wildman–Crippen MR) is 39.7 cm³/mol. The molecule has 1 nitrogen and oxygen atoms in total. The molecular weight excluding hydrogens is 116 g/mol. The molecule has 0 aromatic carbocycles. The predicted octanol–water partition coefficient (Wildman–Crippen LogP) is 0.987. The van der Waals surface area contributed by atoms with Crippen LogP contribution >= 0.6 is 0 Å². The van der Waals surface area contributed by atoms with Gasteiger partial charge in [0, 0.05) is 0 Å². The first-order valence-electron chi connectivity index (χ1n) is 2.99. The Morgan fingerprint density at radius 1 is 1.75 bits per heavy atom. The second-order valence-corrected chi connectivity index (χ2v) is 2.42. The van der Waals surface area contributed by atoms with Crippen molar-refractivity contribution in [1.29, 1.82) is 0 Å². The van der Waals surface area contributed by atoms with Crippen LogP contribution in [0.4, 0.5) is 0 Å². The van der Waals surface area contributed by atoms with Gasteiger partial charge in [-0.25, -0.2) is 0 Å². The van der Waals surface area contributed by atoms with Crippen LogP contribution in [0, 0.1) is 0 Å². The van der Waals surface area contributed by atoms with Gasteiger partial charge in [-0.05, 0) is 18.9 Å². The van der Waals surface area contributed by atoms with Crippen LogP contribution < -0.4 is 0 Å². The molecule has 2 heteroatoms. The van der Waals surface area contributed by atoms with Gasteiger partial charge in [0.15, 0.2) is 0 Å². The molecule has 0 spiro atoms. The van der Waals surface area contributed by atoms with Gasteiger partial charge in [-0.3, -0.25) is 0 Å². The fourth-order valence-corrected chi connectivity index (χ4v) is 1.06. The van der Waals surface area contributed by atoms with Crippen LogP contribution in [0.5, 0.6) is 0 Å². The molecule has 0 unspecified atom stereocenters. The summed E-state index contributed by atoms with van der Waals surface area (Å²) in [5.74, 6) is 0. The van der Waals surface area contributed by atoms with E-state index < -0.39 is 0 Å². The molecule has 48 valence electrons. The lowest BCUT2D eigenvalue weighted by atomic mass is 10.2. The number of allylic oxidation sites excluding steroid dienone is 1. The zero-order valence-corrected chi connectivity index (χ0v) is 7.90. The van der Waals surface area contributed by atoms with E-state index in [0.717, 1.165) is 10.5 Å². The monoisotopic (exact) mass is 130 g/mol.